The van der Waals surface area contributed by atoms with E-state index in [0.29, 0.717) is 12.3 Å². The van der Waals surface area contributed by atoms with E-state index in [4.69, 9.17) is 23.2 Å². The van der Waals surface area contributed by atoms with E-state index in [9.17, 15) is 9.18 Å². The lowest BCUT2D eigenvalue weighted by Crippen LogP contribution is -2.47. The van der Waals surface area contributed by atoms with Crippen molar-refractivity contribution >= 4 is 29.1 Å². The molecule has 1 aromatic carbocycles. The highest BCUT2D eigenvalue weighted by molar-refractivity contribution is 6.30. The van der Waals surface area contributed by atoms with E-state index in [2.05, 4.69) is 5.32 Å². The van der Waals surface area contributed by atoms with Crippen LogP contribution in [-0.2, 0) is 0 Å². The van der Waals surface area contributed by atoms with Crippen LogP contribution >= 0.6 is 23.2 Å². The highest BCUT2D eigenvalue weighted by Crippen LogP contribution is 2.17. The lowest BCUT2D eigenvalue weighted by molar-refractivity contribution is 0.0912. The van der Waals surface area contributed by atoms with Gasteiger partial charge in [-0.1, -0.05) is 18.5 Å². The third-order valence-corrected chi connectivity index (χ3v) is 3.57. The van der Waals surface area contributed by atoms with Crippen LogP contribution in [0.1, 0.15) is 30.6 Å². The normalized spacial score (nSPS) is 14.2. The number of carbonyl (C=O) groups is 1. The molecule has 0 aromatic heterocycles. The Hall–Kier alpha value is -0.800. The predicted molar refractivity (Wildman–Crippen MR) is 68.3 cm³/mol. The number of nitrogens with one attached hydrogen (secondary N) is 1. The molecule has 1 aromatic rings. The number of rotatable bonds is 4. The standard InChI is InChI=1S/C12H14Cl2FNO/c1-3-12(2,7-13)16-11(17)8-4-5-9(14)10(15)6-8/h4-6H,3,7H2,1-2H3,(H,16,17). The number of hydrogen-bond acceptors (Lipinski definition) is 1. The number of amides is 1. The van der Waals surface area contributed by atoms with Crippen molar-refractivity contribution < 1.29 is 9.18 Å². The number of hydrogen-bond donors (Lipinski definition) is 1. The summed E-state index contributed by atoms with van der Waals surface area (Å²) in [5.41, 5.74) is -0.258. The molecule has 5 heteroatoms. The monoisotopic (exact) mass is 277 g/mol. The van der Waals surface area contributed by atoms with Gasteiger partial charge in [0.1, 0.15) is 5.82 Å². The van der Waals surface area contributed by atoms with Gasteiger partial charge in [-0.3, -0.25) is 4.79 Å². The van der Waals surface area contributed by atoms with Gasteiger partial charge in [0, 0.05) is 11.4 Å². The fourth-order valence-electron chi connectivity index (χ4n) is 1.20. The molecule has 0 fully saturated rings. The van der Waals surface area contributed by atoms with Crippen LogP contribution in [0.5, 0.6) is 0 Å². The van der Waals surface area contributed by atoms with E-state index in [1.54, 1.807) is 0 Å². The van der Waals surface area contributed by atoms with E-state index in [-0.39, 0.29) is 16.5 Å². The number of alkyl halides is 1. The molecule has 94 valence electrons. The van der Waals surface area contributed by atoms with Crippen molar-refractivity contribution in [3.05, 3.63) is 34.6 Å². The molecule has 0 bridgehead atoms. The van der Waals surface area contributed by atoms with Crippen molar-refractivity contribution in [1.82, 2.24) is 5.32 Å². The van der Waals surface area contributed by atoms with E-state index in [0.717, 1.165) is 6.07 Å². The Kier molecular flexibility index (Phi) is 4.78. The molecule has 0 aliphatic carbocycles. The minimum Gasteiger partial charge on any atom is -0.346 e. The molecular formula is C12H14Cl2FNO. The minimum absolute atomic E-state index is 0.00264. The van der Waals surface area contributed by atoms with E-state index in [1.807, 2.05) is 13.8 Å². The van der Waals surface area contributed by atoms with Crippen LogP contribution in [0.15, 0.2) is 18.2 Å². The molecule has 0 saturated carbocycles. The number of benzene rings is 1. The minimum atomic E-state index is -0.608. The van der Waals surface area contributed by atoms with Gasteiger partial charge in [-0.25, -0.2) is 4.39 Å². The summed E-state index contributed by atoms with van der Waals surface area (Å²) < 4.78 is 13.2. The summed E-state index contributed by atoms with van der Waals surface area (Å²) in [7, 11) is 0. The molecule has 0 radical (unpaired) electrons. The molecule has 0 heterocycles. The summed E-state index contributed by atoms with van der Waals surface area (Å²) in [6.45, 7) is 3.76. The maximum atomic E-state index is 13.2. The Balaban J connectivity index is 2.86. The smallest absolute Gasteiger partial charge is 0.251 e. The van der Waals surface area contributed by atoms with Gasteiger partial charge in [0.2, 0.25) is 0 Å². The summed E-state index contributed by atoms with van der Waals surface area (Å²) in [6, 6.07) is 3.95. The second-order valence-corrected chi connectivity index (χ2v) is 4.81. The zero-order valence-corrected chi connectivity index (χ0v) is 11.2. The molecule has 0 saturated heterocycles. The first-order valence-corrected chi connectivity index (χ1v) is 6.16. The third kappa shape index (κ3) is 3.58. The zero-order chi connectivity index (χ0) is 13.1. The van der Waals surface area contributed by atoms with Crippen molar-refractivity contribution in [2.75, 3.05) is 5.88 Å². The van der Waals surface area contributed by atoms with Crippen molar-refractivity contribution in [3.8, 4) is 0 Å². The van der Waals surface area contributed by atoms with Crippen molar-refractivity contribution in [1.29, 1.82) is 0 Å². The first-order chi connectivity index (χ1) is 7.91. The summed E-state index contributed by atoms with van der Waals surface area (Å²) in [6.07, 6.45) is 0.693. The maximum absolute atomic E-state index is 13.2. The highest BCUT2D eigenvalue weighted by atomic mass is 35.5. The molecule has 1 N–H and O–H groups in total. The van der Waals surface area contributed by atoms with Crippen LogP contribution in [-0.4, -0.2) is 17.3 Å². The molecule has 0 aliphatic rings. The van der Waals surface area contributed by atoms with Gasteiger partial charge in [-0.05, 0) is 31.5 Å². The average molecular weight is 278 g/mol. The van der Waals surface area contributed by atoms with Gasteiger partial charge in [0.15, 0.2) is 0 Å². The van der Waals surface area contributed by atoms with Gasteiger partial charge < -0.3 is 5.32 Å². The first-order valence-electron chi connectivity index (χ1n) is 5.25. The Bertz CT molecular complexity index is 419. The van der Waals surface area contributed by atoms with Gasteiger partial charge in [0.05, 0.1) is 10.6 Å². The number of carbonyl (C=O) groups excluding carboxylic acids is 1. The summed E-state index contributed by atoms with van der Waals surface area (Å²) >= 11 is 11.3. The molecule has 1 unspecified atom stereocenters. The van der Waals surface area contributed by atoms with Crippen molar-refractivity contribution in [2.24, 2.45) is 0 Å². The molecule has 2 nitrogen and oxygen atoms in total. The van der Waals surface area contributed by atoms with Gasteiger partial charge in [-0.2, -0.15) is 0 Å². The Labute approximate surface area is 110 Å². The van der Waals surface area contributed by atoms with Crippen LogP contribution < -0.4 is 5.32 Å². The Morgan fingerprint density at radius 1 is 1.53 bits per heavy atom. The maximum Gasteiger partial charge on any atom is 0.251 e. The van der Waals surface area contributed by atoms with Crippen molar-refractivity contribution in [3.63, 3.8) is 0 Å². The molecule has 1 amide bonds. The second kappa shape index (κ2) is 5.69. The number of halogens is 3. The van der Waals surface area contributed by atoms with Crippen LogP contribution in [0, 0.1) is 5.82 Å². The van der Waals surface area contributed by atoms with Crippen molar-refractivity contribution in [2.45, 2.75) is 25.8 Å². The van der Waals surface area contributed by atoms with E-state index >= 15 is 0 Å². The summed E-state index contributed by atoms with van der Waals surface area (Å²) in [5.74, 6) is -0.667. The molecule has 17 heavy (non-hydrogen) atoms. The molecule has 1 rings (SSSR count). The molecule has 0 aliphatic heterocycles. The molecular weight excluding hydrogens is 264 g/mol. The van der Waals surface area contributed by atoms with Gasteiger partial charge >= 0.3 is 0 Å². The SMILES string of the molecule is CCC(C)(CCl)NC(=O)c1ccc(Cl)c(F)c1. The van der Waals surface area contributed by atoms with E-state index < -0.39 is 11.4 Å². The lowest BCUT2D eigenvalue weighted by Gasteiger charge is -2.27. The molecule has 1 atom stereocenters. The second-order valence-electron chi connectivity index (χ2n) is 4.13. The summed E-state index contributed by atoms with van der Waals surface area (Å²) in [4.78, 5) is 11.9. The fourth-order valence-corrected chi connectivity index (χ4v) is 1.57. The highest BCUT2D eigenvalue weighted by Gasteiger charge is 2.23. The molecule has 0 spiro atoms. The van der Waals surface area contributed by atoms with E-state index in [1.165, 1.54) is 12.1 Å². The van der Waals surface area contributed by atoms with Crippen LogP contribution in [0.3, 0.4) is 0 Å². The van der Waals surface area contributed by atoms with Crippen LogP contribution in [0.2, 0.25) is 5.02 Å². The topological polar surface area (TPSA) is 29.1 Å². The lowest BCUT2D eigenvalue weighted by atomic mass is 10.0. The van der Waals surface area contributed by atoms with Crippen LogP contribution in [0.4, 0.5) is 4.39 Å². The zero-order valence-electron chi connectivity index (χ0n) is 9.69. The Morgan fingerprint density at radius 3 is 2.65 bits per heavy atom. The van der Waals surface area contributed by atoms with Gasteiger partial charge in [0.25, 0.3) is 5.91 Å². The predicted octanol–water partition coefficient (Wildman–Crippen LogP) is 3.62. The third-order valence-electron chi connectivity index (χ3n) is 2.67. The summed E-state index contributed by atoms with van der Waals surface area (Å²) in [5, 5.41) is 2.77. The Morgan fingerprint density at radius 2 is 2.18 bits per heavy atom. The first kappa shape index (κ1) is 14.3. The van der Waals surface area contributed by atoms with Crippen LogP contribution in [0.25, 0.3) is 0 Å². The quantitative estimate of drug-likeness (QED) is 0.837. The average Bonchev–Trinajstić information content (AvgIpc) is 2.32. The van der Waals surface area contributed by atoms with Gasteiger partial charge in [-0.15, -0.1) is 11.6 Å². The fraction of sp³-hybridized carbons (Fsp3) is 0.417. The largest absolute Gasteiger partial charge is 0.346 e.